The Morgan fingerprint density at radius 3 is 1.24 bits per heavy atom. The summed E-state index contributed by atoms with van der Waals surface area (Å²) in [5.74, 6) is -15.4. The van der Waals surface area contributed by atoms with Gasteiger partial charge < -0.3 is 103 Å². The third-order valence-electron chi connectivity index (χ3n) is 11.8. The minimum Gasteiger partial charge on any atom is -0.481 e. The summed E-state index contributed by atoms with van der Waals surface area (Å²) in [6.07, 6.45) is -4.93. The molecule has 10 atom stereocenters. The predicted octanol–water partition coefficient (Wildman–Crippen LogP) is -6.90. The molecule has 0 aromatic carbocycles. The zero-order valence-electron chi connectivity index (χ0n) is 45.3. The van der Waals surface area contributed by atoms with Gasteiger partial charge in [-0.15, -0.1) is 0 Å². The molecule has 33 heteroatoms. The monoisotopic (exact) mass is 1140 g/mol. The molecule has 0 spiro atoms. The van der Waals surface area contributed by atoms with Gasteiger partial charge in [-0.3, -0.25) is 62.9 Å². The second-order valence-electron chi connectivity index (χ2n) is 19.3. The number of amides is 10. The van der Waals surface area contributed by atoms with Crippen molar-refractivity contribution in [1.82, 2.24) is 47.9 Å². The van der Waals surface area contributed by atoms with Gasteiger partial charge in [0.2, 0.25) is 59.1 Å². The summed E-state index contributed by atoms with van der Waals surface area (Å²) >= 11 is 0. The van der Waals surface area contributed by atoms with Gasteiger partial charge in [-0.05, 0) is 103 Å². The van der Waals surface area contributed by atoms with Crippen molar-refractivity contribution in [2.24, 2.45) is 40.3 Å². The van der Waals surface area contributed by atoms with E-state index in [1.165, 1.54) is 0 Å². The fourth-order valence-electron chi connectivity index (χ4n) is 7.49. The normalized spacial score (nSPS) is 14.8. The van der Waals surface area contributed by atoms with Crippen LogP contribution >= 0.6 is 0 Å². The summed E-state index contributed by atoms with van der Waals surface area (Å²) in [5.41, 5.74) is 33.3. The third-order valence-corrected chi connectivity index (χ3v) is 11.8. The first-order valence-corrected chi connectivity index (χ1v) is 26.0. The number of carboxylic acid groups (broad SMARTS) is 3. The summed E-state index contributed by atoms with van der Waals surface area (Å²) < 4.78 is 0. The quantitative estimate of drug-likeness (QED) is 0.0153. The van der Waals surface area contributed by atoms with Gasteiger partial charge in [0.25, 0.3) is 0 Å². The molecule has 0 aromatic heterocycles. The number of carbonyl (C=O) groups is 13. The molecule has 0 bridgehead atoms. The van der Waals surface area contributed by atoms with E-state index in [4.69, 9.17) is 50.0 Å². The van der Waals surface area contributed by atoms with Crippen LogP contribution in [-0.4, -0.2) is 183 Å². The summed E-state index contributed by atoms with van der Waals surface area (Å²) in [7, 11) is 0. The summed E-state index contributed by atoms with van der Waals surface area (Å²) in [6, 6.07) is -14.4. The fraction of sp³-hybridized carbons (Fsp3) is 0.702. The Hall–Kier alpha value is -7.78. The molecule has 0 fully saturated rings. The van der Waals surface area contributed by atoms with Crippen molar-refractivity contribution in [3.63, 3.8) is 0 Å². The van der Waals surface area contributed by atoms with Gasteiger partial charge in [0.15, 0.2) is 5.96 Å². The smallest absolute Gasteiger partial charge is 0.326 e. The Bertz CT molecular complexity index is 2130. The van der Waals surface area contributed by atoms with Gasteiger partial charge in [-0.2, -0.15) is 0 Å². The topological polar surface area (TPSA) is 591 Å². The molecule has 0 rings (SSSR count). The number of guanidine groups is 1. The standard InChI is InChI=1S/C47H84N16O17/c1-23(2)21-31(62-45(78)37(24(3)64)63-38(71)25(50)12-16-35(67)68)43(76)59-29(13-15-33(51)65)42(75)57-28(11-8-20-55-47(53)54)39(72)56-27(10-5-7-19-49)41(74)61-32(22-34(52)66)44(77)58-26(9-4-6-18-48)40(73)60-30(46(79)80)14-17-36(69)70/h23-32,37,64H,4-22,48-50H2,1-3H3,(H2,51,65)(H2,52,66)(H,56,72)(H,57,75)(H,58,77)(H,59,76)(H,60,73)(H,61,74)(H,62,78)(H,63,71)(H,67,68)(H,69,70)(H,79,80)(H4,53,54,55)/t24-,25+,26+,27+,28+,29+,30+,31+,32+,37+/m1/s1. The lowest BCUT2D eigenvalue weighted by atomic mass is 10.0. The summed E-state index contributed by atoms with van der Waals surface area (Å²) in [4.78, 5) is 168. The number of aliphatic hydroxyl groups is 1. The molecule has 0 aliphatic rings. The highest BCUT2D eigenvalue weighted by Gasteiger charge is 2.36. The van der Waals surface area contributed by atoms with Gasteiger partial charge in [-0.1, -0.05) is 13.8 Å². The second kappa shape index (κ2) is 38.7. The van der Waals surface area contributed by atoms with Crippen LogP contribution in [0.15, 0.2) is 0 Å². The predicted molar refractivity (Wildman–Crippen MR) is 283 cm³/mol. The second-order valence-corrected chi connectivity index (χ2v) is 19.3. The van der Waals surface area contributed by atoms with Gasteiger partial charge >= 0.3 is 17.9 Å². The highest BCUT2D eigenvalue weighted by atomic mass is 16.4. The first-order valence-electron chi connectivity index (χ1n) is 26.0. The van der Waals surface area contributed by atoms with Gasteiger partial charge in [0.1, 0.15) is 48.3 Å². The van der Waals surface area contributed by atoms with Crippen LogP contribution in [0.4, 0.5) is 0 Å². The van der Waals surface area contributed by atoms with Crippen LogP contribution in [0.25, 0.3) is 0 Å². The molecular formula is C47H84N16O17. The van der Waals surface area contributed by atoms with Crippen LogP contribution in [0.2, 0.25) is 0 Å². The van der Waals surface area contributed by atoms with Crippen molar-refractivity contribution < 1.29 is 82.8 Å². The Labute approximate surface area is 461 Å². The molecule has 0 saturated heterocycles. The molecule has 0 unspecified atom stereocenters. The minimum atomic E-state index is -1.82. The number of carbonyl (C=O) groups excluding carboxylic acids is 10. The SMILES string of the molecule is CC(C)C[C@H](NC(=O)[C@@H](NC(=O)[C@@H](N)CCC(=O)O)[C@@H](C)O)C(=O)N[C@@H](CCC(N)=O)C(=O)N[C@@H](CCCNC(=N)N)C(=O)N[C@@H](CCCCN)C(=O)N[C@@H](CC(N)=O)C(=O)N[C@@H](CCCCN)C(=O)N[C@@H](CCC(=O)O)C(=O)O. The van der Waals surface area contributed by atoms with E-state index in [0.29, 0.717) is 12.8 Å². The van der Waals surface area contributed by atoms with Gasteiger partial charge in [0, 0.05) is 25.8 Å². The number of primary amides is 2. The van der Waals surface area contributed by atoms with Crippen LogP contribution in [0.3, 0.4) is 0 Å². The molecule has 0 aliphatic heterocycles. The number of aliphatic carboxylic acids is 3. The molecule has 0 aromatic rings. The van der Waals surface area contributed by atoms with Crippen LogP contribution < -0.4 is 82.3 Å². The van der Waals surface area contributed by atoms with E-state index in [1.807, 2.05) is 0 Å². The number of nitrogens with one attached hydrogen (secondary N) is 10. The lowest BCUT2D eigenvalue weighted by Crippen LogP contribution is -2.61. The minimum absolute atomic E-state index is 0.0158. The van der Waals surface area contributed by atoms with Crippen LogP contribution in [-0.2, 0) is 62.3 Å². The number of hydrogen-bond acceptors (Lipinski definition) is 18. The zero-order valence-corrected chi connectivity index (χ0v) is 45.3. The van der Waals surface area contributed by atoms with E-state index < -0.39 is 182 Å². The highest BCUT2D eigenvalue weighted by molar-refractivity contribution is 5.99. The fourth-order valence-corrected chi connectivity index (χ4v) is 7.49. The third kappa shape index (κ3) is 31.0. The number of unbranched alkanes of at least 4 members (excludes halogenated alkanes) is 2. The molecule has 0 saturated carbocycles. The Morgan fingerprint density at radius 2 is 0.838 bits per heavy atom. The number of carboxylic acids is 3. The molecule has 0 radical (unpaired) electrons. The Balaban J connectivity index is 7.01. The summed E-state index contributed by atoms with van der Waals surface area (Å²) in [6.45, 7) is 4.78. The molecule has 454 valence electrons. The lowest BCUT2D eigenvalue weighted by Gasteiger charge is -2.29. The maximum Gasteiger partial charge on any atom is 0.326 e. The largest absolute Gasteiger partial charge is 0.481 e. The molecule has 26 N–H and O–H groups in total. The van der Waals surface area contributed by atoms with Crippen LogP contribution in [0, 0.1) is 11.3 Å². The maximum atomic E-state index is 14.3. The average molecular weight is 1150 g/mol. The van der Waals surface area contributed by atoms with E-state index in [0.717, 1.165) is 6.92 Å². The number of aliphatic hydroxyl groups excluding tert-OH is 1. The van der Waals surface area contributed by atoms with Crippen LogP contribution in [0.5, 0.6) is 0 Å². The summed E-state index contributed by atoms with van der Waals surface area (Å²) in [5, 5.41) is 67.1. The Morgan fingerprint density at radius 1 is 0.450 bits per heavy atom. The average Bonchev–Trinajstić information content (AvgIpc) is 3.35. The van der Waals surface area contributed by atoms with Crippen LogP contribution in [0.1, 0.15) is 124 Å². The van der Waals surface area contributed by atoms with Crippen molar-refractivity contribution in [2.45, 2.75) is 184 Å². The van der Waals surface area contributed by atoms with Gasteiger partial charge in [0.05, 0.1) is 18.6 Å². The Kier molecular flexibility index (Phi) is 35.0. The first kappa shape index (κ1) is 72.2. The van der Waals surface area contributed by atoms with E-state index >= 15 is 0 Å². The molecule has 0 heterocycles. The number of nitrogens with two attached hydrogens (primary N) is 6. The van der Waals surface area contributed by atoms with Crippen molar-refractivity contribution in [3.8, 4) is 0 Å². The molecule has 80 heavy (non-hydrogen) atoms. The maximum absolute atomic E-state index is 14.3. The zero-order chi connectivity index (χ0) is 61.2. The molecular weight excluding hydrogens is 1060 g/mol. The van der Waals surface area contributed by atoms with E-state index in [-0.39, 0.29) is 76.9 Å². The molecule has 33 nitrogen and oxygen atoms in total. The van der Waals surface area contributed by atoms with Crippen molar-refractivity contribution in [2.75, 3.05) is 19.6 Å². The first-order chi connectivity index (χ1) is 37.4. The van der Waals surface area contributed by atoms with Gasteiger partial charge in [-0.25, -0.2) is 4.79 Å². The van der Waals surface area contributed by atoms with E-state index in [9.17, 15) is 72.5 Å². The van der Waals surface area contributed by atoms with Crippen molar-refractivity contribution in [3.05, 3.63) is 0 Å². The van der Waals surface area contributed by atoms with Crippen molar-refractivity contribution >= 4 is 82.9 Å². The van der Waals surface area contributed by atoms with Crippen molar-refractivity contribution in [1.29, 1.82) is 5.41 Å². The van der Waals surface area contributed by atoms with E-state index in [2.05, 4.69) is 47.9 Å². The molecule has 0 aliphatic carbocycles. The molecule has 10 amide bonds. The van der Waals surface area contributed by atoms with E-state index in [1.54, 1.807) is 13.8 Å². The highest BCUT2D eigenvalue weighted by Crippen LogP contribution is 2.12. The number of rotatable bonds is 43. The lowest BCUT2D eigenvalue weighted by molar-refractivity contribution is -0.144. The number of hydrogen-bond donors (Lipinski definition) is 20.